The third-order valence-electron chi connectivity index (χ3n) is 3.95. The van der Waals surface area contributed by atoms with E-state index in [4.69, 9.17) is 16.3 Å². The van der Waals surface area contributed by atoms with Gasteiger partial charge >= 0.3 is 5.97 Å². The molecule has 0 unspecified atom stereocenters. The molecule has 1 N–H and O–H groups in total. The minimum Gasteiger partial charge on any atom is -0.466 e. The second-order valence-corrected chi connectivity index (χ2v) is 8.80. The number of sulfonamides is 1. The van der Waals surface area contributed by atoms with Gasteiger partial charge in [0.25, 0.3) is 0 Å². The largest absolute Gasteiger partial charge is 0.466 e. The van der Waals surface area contributed by atoms with Crippen LogP contribution >= 0.6 is 11.6 Å². The van der Waals surface area contributed by atoms with Crippen LogP contribution in [0.2, 0.25) is 5.02 Å². The molecule has 0 aromatic heterocycles. The van der Waals surface area contributed by atoms with Gasteiger partial charge in [-0.05, 0) is 42.3 Å². The van der Waals surface area contributed by atoms with Crippen LogP contribution in [0.4, 0.5) is 5.69 Å². The fourth-order valence-electron chi connectivity index (χ4n) is 2.53. The molecule has 0 aliphatic carbocycles. The van der Waals surface area contributed by atoms with Gasteiger partial charge in [-0.3, -0.25) is 9.59 Å². The van der Waals surface area contributed by atoms with E-state index in [1.165, 1.54) is 0 Å². The highest BCUT2D eigenvalue weighted by atomic mass is 35.5. The molecule has 9 heteroatoms. The van der Waals surface area contributed by atoms with E-state index in [9.17, 15) is 18.0 Å². The number of hydrogen-bond acceptors (Lipinski definition) is 5. The Balaban J connectivity index is 1.99. The highest BCUT2D eigenvalue weighted by Crippen LogP contribution is 2.14. The normalized spacial score (nSPS) is 11.3. The monoisotopic (exact) mass is 438 g/mol. The van der Waals surface area contributed by atoms with Crippen LogP contribution in [-0.4, -0.2) is 44.0 Å². The molecule has 156 valence electrons. The second kappa shape index (κ2) is 10.4. The molecule has 0 saturated carbocycles. The summed E-state index contributed by atoms with van der Waals surface area (Å²) in [4.78, 5) is 23.8. The number of esters is 1. The maximum Gasteiger partial charge on any atom is 0.310 e. The Morgan fingerprint density at radius 1 is 1.03 bits per heavy atom. The third-order valence-corrected chi connectivity index (χ3v) is 5.40. The molecule has 0 aliphatic rings. The topological polar surface area (TPSA) is 92.8 Å². The van der Waals surface area contributed by atoms with Crippen molar-refractivity contribution in [3.8, 4) is 0 Å². The number of carbonyl (C=O) groups excluding carboxylic acids is 2. The van der Waals surface area contributed by atoms with Crippen LogP contribution in [0.15, 0.2) is 48.5 Å². The SMILES string of the molecule is CCOC(=O)Cc1ccc(NC(=O)CN(Cc2ccc(Cl)cc2)S(C)(=O)=O)cc1. The first-order valence-corrected chi connectivity index (χ1v) is 11.1. The number of halogens is 1. The smallest absolute Gasteiger partial charge is 0.310 e. The predicted octanol–water partition coefficient (Wildman–Crippen LogP) is 2.85. The summed E-state index contributed by atoms with van der Waals surface area (Å²) in [7, 11) is -3.60. The van der Waals surface area contributed by atoms with Crippen molar-refractivity contribution in [2.45, 2.75) is 19.9 Å². The van der Waals surface area contributed by atoms with Crippen LogP contribution in [0.1, 0.15) is 18.1 Å². The number of amides is 1. The van der Waals surface area contributed by atoms with E-state index in [2.05, 4.69) is 5.32 Å². The highest BCUT2D eigenvalue weighted by molar-refractivity contribution is 7.88. The molecule has 0 spiro atoms. The van der Waals surface area contributed by atoms with Gasteiger partial charge in [0.2, 0.25) is 15.9 Å². The molecule has 7 nitrogen and oxygen atoms in total. The number of benzene rings is 2. The van der Waals surface area contributed by atoms with Gasteiger partial charge in [0, 0.05) is 17.3 Å². The first-order valence-electron chi connectivity index (χ1n) is 8.91. The summed E-state index contributed by atoms with van der Waals surface area (Å²) in [5.74, 6) is -0.794. The van der Waals surface area contributed by atoms with Crippen molar-refractivity contribution in [3.05, 3.63) is 64.7 Å². The zero-order chi connectivity index (χ0) is 21.4. The second-order valence-electron chi connectivity index (χ2n) is 6.38. The standard InChI is InChI=1S/C20H23ClN2O5S/c1-3-28-20(25)12-15-6-10-18(11-7-15)22-19(24)14-23(29(2,26)27)13-16-4-8-17(21)9-5-16/h4-11H,3,12-14H2,1-2H3,(H,22,24). The first-order chi connectivity index (χ1) is 13.7. The molecule has 0 radical (unpaired) electrons. The van der Waals surface area contributed by atoms with Crippen LogP contribution in [0, 0.1) is 0 Å². The average Bonchev–Trinajstić information content (AvgIpc) is 2.64. The molecule has 29 heavy (non-hydrogen) atoms. The van der Waals surface area contributed by atoms with Gasteiger partial charge in [0.1, 0.15) is 0 Å². The Bertz CT molecular complexity index is 944. The lowest BCUT2D eigenvalue weighted by Crippen LogP contribution is -2.36. The lowest BCUT2D eigenvalue weighted by Gasteiger charge is -2.19. The Morgan fingerprint density at radius 2 is 1.62 bits per heavy atom. The maximum atomic E-state index is 12.3. The summed E-state index contributed by atoms with van der Waals surface area (Å²) in [6, 6.07) is 13.4. The number of hydrogen-bond donors (Lipinski definition) is 1. The van der Waals surface area contributed by atoms with E-state index >= 15 is 0 Å². The number of nitrogens with one attached hydrogen (secondary N) is 1. The maximum absolute atomic E-state index is 12.3. The Kier molecular flexibility index (Phi) is 8.19. The van der Waals surface area contributed by atoms with E-state index < -0.39 is 15.9 Å². The molecule has 0 atom stereocenters. The number of nitrogens with zero attached hydrogens (tertiary/aromatic N) is 1. The quantitative estimate of drug-likeness (QED) is 0.607. The lowest BCUT2D eigenvalue weighted by molar-refractivity contribution is -0.142. The van der Waals surface area contributed by atoms with E-state index in [-0.39, 0.29) is 25.5 Å². The molecule has 0 bridgehead atoms. The lowest BCUT2D eigenvalue weighted by atomic mass is 10.1. The van der Waals surface area contributed by atoms with Crippen LogP contribution in [-0.2, 0) is 37.3 Å². The van der Waals surface area contributed by atoms with Crippen LogP contribution in [0.3, 0.4) is 0 Å². The summed E-state index contributed by atoms with van der Waals surface area (Å²) in [5.41, 5.74) is 1.97. The summed E-state index contributed by atoms with van der Waals surface area (Å²) in [6.45, 7) is 1.79. The molecule has 0 heterocycles. The number of ether oxygens (including phenoxy) is 1. The van der Waals surface area contributed by atoms with Gasteiger partial charge in [0.05, 0.1) is 25.8 Å². The predicted molar refractivity (Wildman–Crippen MR) is 112 cm³/mol. The fraction of sp³-hybridized carbons (Fsp3) is 0.300. The van der Waals surface area contributed by atoms with E-state index in [0.29, 0.717) is 17.3 Å². The van der Waals surface area contributed by atoms with Crippen LogP contribution in [0.5, 0.6) is 0 Å². The highest BCUT2D eigenvalue weighted by Gasteiger charge is 2.20. The number of rotatable bonds is 9. The van der Waals surface area contributed by atoms with Crippen LogP contribution in [0.25, 0.3) is 0 Å². The van der Waals surface area contributed by atoms with Crippen molar-refractivity contribution in [2.24, 2.45) is 0 Å². The third kappa shape index (κ3) is 7.84. The minimum atomic E-state index is -3.60. The van der Waals surface area contributed by atoms with Crippen molar-refractivity contribution in [1.29, 1.82) is 0 Å². The number of carbonyl (C=O) groups is 2. The Labute approximate surface area is 175 Å². The van der Waals surface area contributed by atoms with Gasteiger partial charge in [-0.25, -0.2) is 8.42 Å². The van der Waals surface area contributed by atoms with Gasteiger partial charge in [-0.15, -0.1) is 0 Å². The van der Waals surface area contributed by atoms with Crippen LogP contribution < -0.4 is 5.32 Å². The van der Waals surface area contributed by atoms with Gasteiger partial charge in [-0.2, -0.15) is 4.31 Å². The Morgan fingerprint density at radius 3 is 2.17 bits per heavy atom. The first kappa shape index (κ1) is 22.9. The molecule has 1 amide bonds. The van der Waals surface area contributed by atoms with Gasteiger partial charge < -0.3 is 10.1 Å². The summed E-state index contributed by atoms with van der Waals surface area (Å²) in [5, 5.41) is 3.21. The summed E-state index contributed by atoms with van der Waals surface area (Å²) < 4.78 is 30.1. The summed E-state index contributed by atoms with van der Waals surface area (Å²) in [6.07, 6.45) is 1.20. The van der Waals surface area contributed by atoms with Crippen molar-refractivity contribution < 1.29 is 22.7 Å². The molecular formula is C20H23ClN2O5S. The van der Waals surface area contributed by atoms with E-state index in [0.717, 1.165) is 21.7 Å². The fourth-order valence-corrected chi connectivity index (χ4v) is 3.39. The molecule has 0 saturated heterocycles. The summed E-state index contributed by atoms with van der Waals surface area (Å²) >= 11 is 5.85. The van der Waals surface area contributed by atoms with E-state index in [1.807, 2.05) is 0 Å². The molecule has 0 fully saturated rings. The van der Waals surface area contributed by atoms with Crippen molar-refractivity contribution in [2.75, 3.05) is 24.7 Å². The van der Waals surface area contributed by atoms with Crippen molar-refractivity contribution in [3.63, 3.8) is 0 Å². The van der Waals surface area contributed by atoms with Crippen molar-refractivity contribution >= 4 is 39.2 Å². The van der Waals surface area contributed by atoms with Crippen molar-refractivity contribution in [1.82, 2.24) is 4.31 Å². The molecule has 2 rings (SSSR count). The van der Waals surface area contributed by atoms with E-state index in [1.54, 1.807) is 55.5 Å². The molecule has 2 aromatic rings. The number of anilines is 1. The minimum absolute atomic E-state index is 0.0574. The van der Waals surface area contributed by atoms with Gasteiger partial charge in [0.15, 0.2) is 0 Å². The molecule has 0 aliphatic heterocycles. The average molecular weight is 439 g/mol. The molecule has 2 aromatic carbocycles. The Hall–Kier alpha value is -2.42. The van der Waals surface area contributed by atoms with Gasteiger partial charge in [-0.1, -0.05) is 35.9 Å². The zero-order valence-electron chi connectivity index (χ0n) is 16.2. The zero-order valence-corrected chi connectivity index (χ0v) is 17.8. The molecular weight excluding hydrogens is 416 g/mol.